The molecule has 30 heavy (non-hydrogen) atoms. The number of hydrogen-bond acceptors (Lipinski definition) is 4. The van der Waals surface area contributed by atoms with Gasteiger partial charge >= 0.3 is 0 Å². The minimum absolute atomic E-state index is 0.0413. The van der Waals surface area contributed by atoms with Crippen molar-refractivity contribution in [2.75, 3.05) is 18.0 Å². The molecule has 1 saturated heterocycles. The molecule has 1 aromatic carbocycles. The van der Waals surface area contributed by atoms with Gasteiger partial charge in [0.25, 0.3) is 5.91 Å². The molecule has 1 aliphatic carbocycles. The van der Waals surface area contributed by atoms with Crippen LogP contribution in [0.3, 0.4) is 0 Å². The lowest BCUT2D eigenvalue weighted by Crippen LogP contribution is -2.25. The highest BCUT2D eigenvalue weighted by atomic mass is 16.1. The molecule has 3 heterocycles. The van der Waals surface area contributed by atoms with Gasteiger partial charge in [-0.15, -0.1) is 0 Å². The highest BCUT2D eigenvalue weighted by Gasteiger charge is 2.25. The summed E-state index contributed by atoms with van der Waals surface area (Å²) in [7, 11) is 0. The predicted octanol–water partition coefficient (Wildman–Crippen LogP) is 3.89. The fourth-order valence-electron chi connectivity index (χ4n) is 4.01. The predicted molar refractivity (Wildman–Crippen MR) is 117 cm³/mol. The van der Waals surface area contributed by atoms with Crippen molar-refractivity contribution in [2.45, 2.75) is 38.8 Å². The molecule has 1 saturated carbocycles. The maximum Gasteiger partial charge on any atom is 0.268 e. The molecule has 0 atom stereocenters. The van der Waals surface area contributed by atoms with Gasteiger partial charge in [-0.05, 0) is 43.2 Å². The largest absolute Gasteiger partial charge is 0.347 e. The van der Waals surface area contributed by atoms with Crippen molar-refractivity contribution in [3.8, 4) is 11.1 Å². The first-order valence-electron chi connectivity index (χ1n) is 10.9. The van der Waals surface area contributed by atoms with Crippen LogP contribution in [0.25, 0.3) is 11.1 Å². The molecule has 1 aliphatic heterocycles. The Morgan fingerprint density at radius 3 is 2.47 bits per heavy atom. The molecular weight excluding hydrogens is 374 g/mol. The molecule has 5 rings (SSSR count). The van der Waals surface area contributed by atoms with E-state index in [0.717, 1.165) is 42.3 Å². The monoisotopic (exact) mass is 401 g/mol. The number of hydrogen-bond donors (Lipinski definition) is 1. The molecule has 0 radical (unpaired) electrons. The van der Waals surface area contributed by atoms with E-state index in [1.807, 2.05) is 48.8 Å². The molecule has 6 heteroatoms. The van der Waals surface area contributed by atoms with Gasteiger partial charge in [0.2, 0.25) is 5.95 Å². The Labute approximate surface area is 177 Å². The second-order valence-electron chi connectivity index (χ2n) is 8.34. The van der Waals surface area contributed by atoms with Crippen LogP contribution >= 0.6 is 0 Å². The van der Waals surface area contributed by atoms with Crippen LogP contribution in [0.4, 0.5) is 5.95 Å². The van der Waals surface area contributed by atoms with Gasteiger partial charge in [-0.3, -0.25) is 4.79 Å². The van der Waals surface area contributed by atoms with E-state index in [9.17, 15) is 4.79 Å². The molecule has 1 N–H and O–H groups in total. The van der Waals surface area contributed by atoms with Gasteiger partial charge in [0.05, 0.1) is 0 Å². The van der Waals surface area contributed by atoms with Gasteiger partial charge in [0.1, 0.15) is 5.69 Å². The van der Waals surface area contributed by atoms with Crippen LogP contribution in [0, 0.1) is 5.92 Å². The molecule has 0 spiro atoms. The van der Waals surface area contributed by atoms with Crippen LogP contribution < -0.4 is 10.2 Å². The van der Waals surface area contributed by atoms with Gasteiger partial charge in [-0.25, -0.2) is 9.97 Å². The van der Waals surface area contributed by atoms with Crippen molar-refractivity contribution < 1.29 is 4.79 Å². The molecule has 2 aliphatic rings. The average Bonchev–Trinajstić information content (AvgIpc) is 3.26. The highest BCUT2D eigenvalue weighted by molar-refractivity contribution is 5.94. The van der Waals surface area contributed by atoms with Gasteiger partial charge in [0.15, 0.2) is 0 Å². The lowest BCUT2D eigenvalue weighted by Gasteiger charge is -2.14. The SMILES string of the molecule is O=C(NCc1ccccc1)c1cc(-c2cnc(N3CCCC3)nc2)cn1CC1CC1. The Bertz CT molecular complexity index is 1000. The van der Waals surface area contributed by atoms with Crippen molar-refractivity contribution in [1.82, 2.24) is 19.9 Å². The van der Waals surface area contributed by atoms with Crippen molar-refractivity contribution in [2.24, 2.45) is 5.92 Å². The first kappa shape index (κ1) is 18.9. The Hall–Kier alpha value is -3.15. The number of nitrogens with one attached hydrogen (secondary N) is 1. The quantitative estimate of drug-likeness (QED) is 0.653. The zero-order valence-electron chi connectivity index (χ0n) is 17.1. The van der Waals surface area contributed by atoms with Gasteiger partial charge in [-0.2, -0.15) is 0 Å². The van der Waals surface area contributed by atoms with E-state index in [-0.39, 0.29) is 5.91 Å². The molecule has 6 nitrogen and oxygen atoms in total. The number of nitrogens with zero attached hydrogens (tertiary/aromatic N) is 4. The maximum atomic E-state index is 12.9. The fraction of sp³-hybridized carbons (Fsp3) is 0.375. The lowest BCUT2D eigenvalue weighted by atomic mass is 10.2. The topological polar surface area (TPSA) is 63.1 Å². The summed E-state index contributed by atoms with van der Waals surface area (Å²) in [5.74, 6) is 1.44. The van der Waals surface area contributed by atoms with E-state index in [4.69, 9.17) is 0 Å². The summed E-state index contributed by atoms with van der Waals surface area (Å²) in [5, 5.41) is 3.06. The van der Waals surface area contributed by atoms with Crippen LogP contribution in [0.1, 0.15) is 41.7 Å². The Balaban J connectivity index is 1.35. The van der Waals surface area contributed by atoms with Crippen molar-refractivity contribution in [3.05, 3.63) is 66.2 Å². The molecule has 1 amide bonds. The molecule has 0 unspecified atom stereocenters. The van der Waals surface area contributed by atoms with Crippen LogP contribution in [0.2, 0.25) is 0 Å². The number of anilines is 1. The summed E-state index contributed by atoms with van der Waals surface area (Å²) in [6.07, 6.45) is 10.7. The third-order valence-corrected chi connectivity index (χ3v) is 5.94. The van der Waals surface area contributed by atoms with Crippen LogP contribution in [0.5, 0.6) is 0 Å². The summed E-state index contributed by atoms with van der Waals surface area (Å²) in [5.41, 5.74) is 3.74. The van der Waals surface area contributed by atoms with Crippen molar-refractivity contribution in [1.29, 1.82) is 0 Å². The fourth-order valence-corrected chi connectivity index (χ4v) is 4.01. The average molecular weight is 402 g/mol. The van der Waals surface area contributed by atoms with E-state index in [1.54, 1.807) is 0 Å². The summed E-state index contributed by atoms with van der Waals surface area (Å²) in [6, 6.07) is 12.0. The number of rotatable bonds is 7. The second kappa shape index (κ2) is 8.30. The van der Waals surface area contributed by atoms with E-state index >= 15 is 0 Å². The second-order valence-corrected chi connectivity index (χ2v) is 8.34. The number of carbonyl (C=O) groups excluding carboxylic acids is 1. The smallest absolute Gasteiger partial charge is 0.268 e. The zero-order chi connectivity index (χ0) is 20.3. The van der Waals surface area contributed by atoms with Crippen molar-refractivity contribution >= 4 is 11.9 Å². The molecule has 154 valence electrons. The first-order chi connectivity index (χ1) is 14.8. The van der Waals surface area contributed by atoms with Crippen LogP contribution in [0.15, 0.2) is 55.0 Å². The minimum atomic E-state index is -0.0413. The Morgan fingerprint density at radius 1 is 1.03 bits per heavy atom. The zero-order valence-corrected chi connectivity index (χ0v) is 17.1. The van der Waals surface area contributed by atoms with E-state index in [2.05, 4.69) is 30.9 Å². The third-order valence-electron chi connectivity index (χ3n) is 5.94. The van der Waals surface area contributed by atoms with Crippen molar-refractivity contribution in [3.63, 3.8) is 0 Å². The minimum Gasteiger partial charge on any atom is -0.347 e. The molecule has 2 fully saturated rings. The molecule has 3 aromatic rings. The number of carbonyl (C=O) groups is 1. The number of aromatic nitrogens is 3. The normalized spacial score (nSPS) is 16.1. The van der Waals surface area contributed by atoms with E-state index in [0.29, 0.717) is 18.2 Å². The molecule has 0 bridgehead atoms. The number of benzene rings is 1. The summed E-state index contributed by atoms with van der Waals surface area (Å²) < 4.78 is 2.10. The summed E-state index contributed by atoms with van der Waals surface area (Å²) >= 11 is 0. The summed E-state index contributed by atoms with van der Waals surface area (Å²) in [4.78, 5) is 24.3. The Kier molecular flexibility index (Phi) is 5.22. The standard InChI is InChI=1S/C24H27N5O/c30-23(25-13-18-6-2-1-3-7-18)22-12-20(17-29(22)16-19-8-9-19)21-14-26-24(27-15-21)28-10-4-5-11-28/h1-3,6-7,12,14-15,17,19H,4-5,8-11,13,16H2,(H,25,30). The third kappa shape index (κ3) is 4.22. The molecular formula is C24H27N5O. The first-order valence-corrected chi connectivity index (χ1v) is 10.9. The number of amides is 1. The lowest BCUT2D eigenvalue weighted by molar-refractivity contribution is 0.0941. The Morgan fingerprint density at radius 2 is 1.77 bits per heavy atom. The van der Waals surface area contributed by atoms with Gasteiger partial charge in [0, 0.05) is 55.9 Å². The molecule has 2 aromatic heterocycles. The van der Waals surface area contributed by atoms with Gasteiger partial charge < -0.3 is 14.8 Å². The summed E-state index contributed by atoms with van der Waals surface area (Å²) in [6.45, 7) is 3.48. The maximum absolute atomic E-state index is 12.9. The highest BCUT2D eigenvalue weighted by Crippen LogP contribution is 2.32. The van der Waals surface area contributed by atoms with E-state index in [1.165, 1.54) is 25.7 Å². The van der Waals surface area contributed by atoms with Gasteiger partial charge in [-0.1, -0.05) is 30.3 Å². The van der Waals surface area contributed by atoms with Crippen LogP contribution in [-0.4, -0.2) is 33.5 Å². The van der Waals surface area contributed by atoms with Crippen LogP contribution in [-0.2, 0) is 13.1 Å². The van der Waals surface area contributed by atoms with E-state index < -0.39 is 0 Å².